The fraction of sp³-hybridized carbons (Fsp3) is 0. The topological polar surface area (TPSA) is 46.3 Å². The number of anilines is 1. The quantitative estimate of drug-likeness (QED) is 0.437. The first-order valence-corrected chi connectivity index (χ1v) is 9.48. The van der Waals surface area contributed by atoms with Crippen molar-refractivity contribution < 1.29 is 0 Å². The molecule has 0 radical (unpaired) electrons. The number of fused-ring (bicyclic) bond motifs is 1. The summed E-state index contributed by atoms with van der Waals surface area (Å²) in [6, 6.07) is 20.0. The molecular formula is C23H16ClN5. The van der Waals surface area contributed by atoms with E-state index in [0.717, 1.165) is 39.1 Å². The molecule has 5 rings (SSSR count). The summed E-state index contributed by atoms with van der Waals surface area (Å²) in [4.78, 5) is 4.04. The smallest absolute Gasteiger partial charge is 0.131 e. The van der Waals surface area contributed by atoms with Crippen LogP contribution in [0.2, 0.25) is 5.15 Å². The summed E-state index contributed by atoms with van der Waals surface area (Å²) in [5.74, 6) is 0. The van der Waals surface area contributed by atoms with Gasteiger partial charge < -0.3 is 0 Å². The van der Waals surface area contributed by atoms with E-state index in [0.29, 0.717) is 5.15 Å². The van der Waals surface area contributed by atoms with Crippen LogP contribution in [0.5, 0.6) is 0 Å². The highest BCUT2D eigenvalue weighted by atomic mass is 35.5. The first-order chi connectivity index (χ1) is 14.2. The fourth-order valence-corrected chi connectivity index (χ4v) is 3.57. The molecule has 0 fully saturated rings. The summed E-state index contributed by atoms with van der Waals surface area (Å²) in [6.07, 6.45) is 7.22. The van der Waals surface area contributed by atoms with Crippen LogP contribution in [-0.2, 0) is 0 Å². The van der Waals surface area contributed by atoms with Crippen molar-refractivity contribution in [3.8, 4) is 5.69 Å². The summed E-state index contributed by atoms with van der Waals surface area (Å²) < 4.78 is 1.91. The van der Waals surface area contributed by atoms with Crippen LogP contribution in [-0.4, -0.2) is 20.5 Å². The Hall–Kier alpha value is -3.70. The van der Waals surface area contributed by atoms with Gasteiger partial charge in [-0.3, -0.25) is 0 Å². The highest BCUT2D eigenvalue weighted by Gasteiger charge is 2.19. The van der Waals surface area contributed by atoms with E-state index in [2.05, 4.69) is 40.9 Å². The van der Waals surface area contributed by atoms with Gasteiger partial charge in [0.05, 0.1) is 23.3 Å². The summed E-state index contributed by atoms with van der Waals surface area (Å²) in [5, 5.41) is 13.8. The van der Waals surface area contributed by atoms with Crippen LogP contribution in [0.4, 0.5) is 5.69 Å². The molecule has 3 heterocycles. The molecule has 4 aromatic rings. The van der Waals surface area contributed by atoms with Crippen LogP contribution < -0.4 is 5.01 Å². The number of pyridine rings is 1. The van der Waals surface area contributed by atoms with Crippen molar-refractivity contribution in [2.45, 2.75) is 0 Å². The van der Waals surface area contributed by atoms with Gasteiger partial charge in [0, 0.05) is 23.8 Å². The van der Waals surface area contributed by atoms with Gasteiger partial charge in [-0.05, 0) is 35.2 Å². The fourth-order valence-electron chi connectivity index (χ4n) is 3.41. The molecule has 1 aliphatic heterocycles. The predicted molar refractivity (Wildman–Crippen MR) is 118 cm³/mol. The Morgan fingerprint density at radius 3 is 2.69 bits per heavy atom. The second kappa shape index (κ2) is 7.04. The standard InChI is InChI=1S/C23H16ClN5/c1-16-11-14-28(18-9-12-25-22(24)15-18)27-23(16)21-10-13-26-29(21)20-8-4-6-17-5-2-3-7-19(17)20/h2-15H,1H2. The van der Waals surface area contributed by atoms with Crippen LogP contribution in [0.25, 0.3) is 16.5 Å². The van der Waals surface area contributed by atoms with Gasteiger partial charge in [0.25, 0.3) is 0 Å². The monoisotopic (exact) mass is 397 g/mol. The minimum absolute atomic E-state index is 0.415. The third-order valence-electron chi connectivity index (χ3n) is 4.78. The van der Waals surface area contributed by atoms with Crippen LogP contribution in [0.15, 0.2) is 103 Å². The maximum Gasteiger partial charge on any atom is 0.131 e. The average molecular weight is 398 g/mol. The van der Waals surface area contributed by atoms with Gasteiger partial charge >= 0.3 is 0 Å². The SMILES string of the molecule is C=C1C=CN(c2ccnc(Cl)c2)N=C1c1ccnn1-c1cccc2ccccc12. The highest BCUT2D eigenvalue weighted by molar-refractivity contribution is 6.29. The van der Waals surface area contributed by atoms with Crippen LogP contribution in [0.1, 0.15) is 5.69 Å². The zero-order chi connectivity index (χ0) is 19.8. The van der Waals surface area contributed by atoms with E-state index in [1.807, 2.05) is 47.3 Å². The molecule has 29 heavy (non-hydrogen) atoms. The lowest BCUT2D eigenvalue weighted by molar-refractivity contribution is 0.875. The Bertz CT molecular complexity index is 1300. The van der Waals surface area contributed by atoms with Crippen molar-refractivity contribution in [2.75, 3.05) is 5.01 Å². The normalized spacial score (nSPS) is 13.8. The molecule has 6 heteroatoms. The Kier molecular flexibility index (Phi) is 4.22. The molecule has 2 aromatic heterocycles. The summed E-state index contributed by atoms with van der Waals surface area (Å²) in [6.45, 7) is 4.17. The number of rotatable bonds is 3. The molecule has 0 atom stereocenters. The highest BCUT2D eigenvalue weighted by Crippen LogP contribution is 2.27. The zero-order valence-electron chi connectivity index (χ0n) is 15.4. The van der Waals surface area contributed by atoms with Crippen molar-refractivity contribution in [1.29, 1.82) is 0 Å². The molecule has 0 aliphatic carbocycles. The molecule has 0 saturated carbocycles. The first kappa shape index (κ1) is 17.4. The summed E-state index contributed by atoms with van der Waals surface area (Å²) in [7, 11) is 0. The molecule has 2 aromatic carbocycles. The van der Waals surface area contributed by atoms with Crippen molar-refractivity contribution in [1.82, 2.24) is 14.8 Å². The van der Waals surface area contributed by atoms with Gasteiger partial charge in [0.15, 0.2) is 0 Å². The average Bonchev–Trinajstić information content (AvgIpc) is 3.23. The van der Waals surface area contributed by atoms with E-state index < -0.39 is 0 Å². The van der Waals surface area contributed by atoms with Crippen molar-refractivity contribution in [2.24, 2.45) is 5.10 Å². The third-order valence-corrected chi connectivity index (χ3v) is 4.99. The van der Waals surface area contributed by atoms with Gasteiger partial charge in [-0.15, -0.1) is 0 Å². The Morgan fingerprint density at radius 1 is 0.931 bits per heavy atom. The molecule has 0 bridgehead atoms. The van der Waals surface area contributed by atoms with Gasteiger partial charge in [-0.2, -0.15) is 10.2 Å². The molecule has 140 valence electrons. The second-order valence-corrected chi connectivity index (χ2v) is 6.98. The minimum Gasteiger partial charge on any atom is -0.244 e. The largest absolute Gasteiger partial charge is 0.244 e. The minimum atomic E-state index is 0.415. The Morgan fingerprint density at radius 2 is 1.79 bits per heavy atom. The second-order valence-electron chi connectivity index (χ2n) is 6.60. The number of hydrogen-bond acceptors (Lipinski definition) is 4. The van der Waals surface area contributed by atoms with Gasteiger partial charge in [0.2, 0.25) is 0 Å². The Balaban J connectivity index is 1.63. The molecule has 0 amide bonds. The van der Waals surface area contributed by atoms with Crippen LogP contribution in [0, 0.1) is 0 Å². The van der Waals surface area contributed by atoms with Crippen molar-refractivity contribution >= 4 is 33.8 Å². The van der Waals surface area contributed by atoms with Crippen molar-refractivity contribution in [3.05, 3.63) is 108 Å². The lowest BCUT2D eigenvalue weighted by Gasteiger charge is -2.22. The molecular weight excluding hydrogens is 382 g/mol. The third kappa shape index (κ3) is 3.11. The molecule has 0 spiro atoms. The van der Waals surface area contributed by atoms with Crippen molar-refractivity contribution in [3.63, 3.8) is 0 Å². The van der Waals surface area contributed by atoms with E-state index in [9.17, 15) is 0 Å². The number of aromatic nitrogens is 3. The molecule has 1 aliphatic rings. The number of benzene rings is 2. The van der Waals surface area contributed by atoms with Gasteiger partial charge in [-0.25, -0.2) is 14.7 Å². The first-order valence-electron chi connectivity index (χ1n) is 9.10. The van der Waals surface area contributed by atoms with E-state index in [-0.39, 0.29) is 0 Å². The van der Waals surface area contributed by atoms with E-state index >= 15 is 0 Å². The predicted octanol–water partition coefficient (Wildman–Crippen LogP) is 5.37. The molecule has 5 nitrogen and oxygen atoms in total. The van der Waals surface area contributed by atoms with Gasteiger partial charge in [-0.1, -0.05) is 54.6 Å². The lowest BCUT2D eigenvalue weighted by atomic mass is 10.1. The van der Waals surface area contributed by atoms with Crippen LogP contribution >= 0.6 is 11.6 Å². The maximum absolute atomic E-state index is 6.05. The number of hydrogen-bond donors (Lipinski definition) is 0. The lowest BCUT2D eigenvalue weighted by Crippen LogP contribution is -2.21. The molecule has 0 unspecified atom stereocenters. The molecule has 0 saturated heterocycles. The Labute approximate surface area is 172 Å². The number of hydrazone groups is 1. The van der Waals surface area contributed by atoms with Crippen LogP contribution in [0.3, 0.4) is 0 Å². The van der Waals surface area contributed by atoms with E-state index in [1.165, 1.54) is 0 Å². The van der Waals surface area contributed by atoms with E-state index in [1.54, 1.807) is 23.5 Å². The number of halogens is 1. The van der Waals surface area contributed by atoms with E-state index in [4.69, 9.17) is 16.7 Å². The summed E-state index contributed by atoms with van der Waals surface area (Å²) >= 11 is 6.05. The molecule has 0 N–H and O–H groups in total. The zero-order valence-corrected chi connectivity index (χ0v) is 16.2. The maximum atomic E-state index is 6.05. The number of nitrogens with zero attached hydrogens (tertiary/aromatic N) is 5. The summed E-state index contributed by atoms with van der Waals surface area (Å²) in [5.41, 5.74) is 4.23. The van der Waals surface area contributed by atoms with Gasteiger partial charge in [0.1, 0.15) is 10.9 Å². The number of allylic oxidation sites excluding steroid dienone is 2.